The Balaban J connectivity index is 2.11. The molecule has 0 unspecified atom stereocenters. The van der Waals surface area contributed by atoms with E-state index in [4.69, 9.17) is 10.2 Å². The van der Waals surface area contributed by atoms with Gasteiger partial charge in [-0.2, -0.15) is 0 Å². The summed E-state index contributed by atoms with van der Waals surface area (Å²) in [4.78, 5) is 0. The second-order valence-electron chi connectivity index (χ2n) is 3.30. The number of nitrogens with one attached hydrogen (secondary N) is 1. The molecular weight excluding hydrogens is 142 g/mol. The normalized spacial score (nSPS) is 21.3. The van der Waals surface area contributed by atoms with Crippen LogP contribution < -0.4 is 5.32 Å². The fraction of sp³-hybridized carbons (Fsp3) is 1.00. The lowest BCUT2D eigenvalue weighted by atomic mass is 9.77. The zero-order valence-electron chi connectivity index (χ0n) is 6.84. The summed E-state index contributed by atoms with van der Waals surface area (Å²) in [5.41, 5.74) is 0.00910. The Labute approximate surface area is 67.4 Å². The maximum atomic E-state index is 9.01. The van der Waals surface area contributed by atoms with Crippen LogP contribution in [0.2, 0.25) is 0 Å². The van der Waals surface area contributed by atoms with Crippen molar-refractivity contribution in [2.75, 3.05) is 19.8 Å². The molecule has 0 radical (unpaired) electrons. The maximum absolute atomic E-state index is 9.01. The van der Waals surface area contributed by atoms with Crippen molar-refractivity contribution in [3.8, 4) is 0 Å². The minimum atomic E-state index is 0.00910. The average Bonchev–Trinajstić information content (AvgIpc) is 1.95. The second kappa shape index (κ2) is 4.04. The molecule has 0 aliphatic heterocycles. The van der Waals surface area contributed by atoms with Crippen LogP contribution in [0, 0.1) is 0 Å². The van der Waals surface area contributed by atoms with Crippen LogP contribution in [0.15, 0.2) is 0 Å². The highest BCUT2D eigenvalue weighted by molar-refractivity contribution is 4.95. The molecule has 3 nitrogen and oxygen atoms in total. The summed E-state index contributed by atoms with van der Waals surface area (Å²) < 4.78 is 0. The van der Waals surface area contributed by atoms with Crippen LogP contribution in [0.25, 0.3) is 0 Å². The fourth-order valence-corrected chi connectivity index (χ4v) is 1.43. The molecule has 0 amide bonds. The first-order valence-electron chi connectivity index (χ1n) is 4.30. The van der Waals surface area contributed by atoms with E-state index in [1.54, 1.807) is 0 Å². The lowest BCUT2D eigenvalue weighted by Crippen LogP contribution is -2.54. The van der Waals surface area contributed by atoms with Gasteiger partial charge >= 0.3 is 0 Å². The van der Waals surface area contributed by atoms with Gasteiger partial charge in [-0.3, -0.25) is 0 Å². The number of rotatable bonds is 5. The molecule has 66 valence electrons. The predicted molar refractivity (Wildman–Crippen MR) is 43.4 cm³/mol. The van der Waals surface area contributed by atoms with Crippen molar-refractivity contribution in [2.24, 2.45) is 0 Å². The smallest absolute Gasteiger partial charge is 0.0613 e. The lowest BCUT2D eigenvalue weighted by molar-refractivity contribution is 0.0871. The van der Waals surface area contributed by atoms with E-state index >= 15 is 0 Å². The first-order chi connectivity index (χ1) is 5.33. The molecule has 1 rings (SSSR count). The summed E-state index contributed by atoms with van der Waals surface area (Å²) in [5.74, 6) is 0. The Morgan fingerprint density at radius 2 is 2.00 bits per heavy atom. The molecule has 0 heterocycles. The quantitative estimate of drug-likeness (QED) is 0.490. The van der Waals surface area contributed by atoms with Gasteiger partial charge in [0.1, 0.15) is 0 Å². The molecular formula is C8H17NO2. The van der Waals surface area contributed by atoms with E-state index in [9.17, 15) is 0 Å². The van der Waals surface area contributed by atoms with E-state index in [1.165, 1.54) is 6.42 Å². The number of aliphatic hydroxyl groups excluding tert-OH is 2. The molecule has 3 heteroatoms. The molecule has 0 aromatic rings. The third-order valence-electron chi connectivity index (χ3n) is 2.45. The highest BCUT2D eigenvalue weighted by Gasteiger charge is 2.35. The lowest BCUT2D eigenvalue weighted by Gasteiger charge is -2.41. The molecule has 0 bridgehead atoms. The number of aliphatic hydroxyl groups is 2. The minimum Gasteiger partial charge on any atom is -0.396 e. The second-order valence-corrected chi connectivity index (χ2v) is 3.30. The Morgan fingerprint density at radius 1 is 1.27 bits per heavy atom. The van der Waals surface area contributed by atoms with Crippen LogP contribution in [-0.4, -0.2) is 35.5 Å². The third-order valence-corrected chi connectivity index (χ3v) is 2.45. The summed E-state index contributed by atoms with van der Waals surface area (Å²) in [6.45, 7) is 1.28. The molecule has 3 N–H and O–H groups in total. The van der Waals surface area contributed by atoms with Crippen LogP contribution >= 0.6 is 0 Å². The first-order valence-corrected chi connectivity index (χ1v) is 4.30. The van der Waals surface area contributed by atoms with E-state index in [1.807, 2.05) is 0 Å². The van der Waals surface area contributed by atoms with Crippen molar-refractivity contribution in [1.82, 2.24) is 5.32 Å². The van der Waals surface area contributed by atoms with Crippen LogP contribution in [0.1, 0.15) is 25.7 Å². The summed E-state index contributed by atoms with van der Waals surface area (Å²) in [6, 6.07) is 0. The third kappa shape index (κ3) is 2.15. The topological polar surface area (TPSA) is 52.5 Å². The number of hydrogen-bond acceptors (Lipinski definition) is 3. The monoisotopic (exact) mass is 159 g/mol. The highest BCUT2D eigenvalue weighted by Crippen LogP contribution is 2.30. The Hall–Kier alpha value is -0.120. The van der Waals surface area contributed by atoms with Crippen molar-refractivity contribution >= 4 is 0 Å². The summed E-state index contributed by atoms with van der Waals surface area (Å²) in [5, 5.41) is 20.8. The van der Waals surface area contributed by atoms with E-state index in [0.717, 1.165) is 25.8 Å². The average molecular weight is 159 g/mol. The SMILES string of the molecule is OCCCNC1(CO)CCC1. The molecule has 1 aliphatic rings. The Kier molecular flexibility index (Phi) is 3.30. The van der Waals surface area contributed by atoms with Crippen LogP contribution in [0.4, 0.5) is 0 Å². The zero-order valence-corrected chi connectivity index (χ0v) is 6.84. The molecule has 0 aromatic heterocycles. The molecule has 0 spiro atoms. The van der Waals surface area contributed by atoms with Gasteiger partial charge in [0.05, 0.1) is 6.61 Å². The van der Waals surface area contributed by atoms with Crippen LogP contribution in [0.5, 0.6) is 0 Å². The standard InChI is InChI=1S/C8H17NO2/c10-6-2-5-9-8(7-11)3-1-4-8/h9-11H,1-7H2. The van der Waals surface area contributed by atoms with E-state index in [2.05, 4.69) is 5.32 Å². The molecule has 11 heavy (non-hydrogen) atoms. The molecule has 0 atom stereocenters. The van der Waals surface area contributed by atoms with Crippen molar-refractivity contribution in [3.63, 3.8) is 0 Å². The molecule has 0 saturated heterocycles. The van der Waals surface area contributed by atoms with Gasteiger partial charge in [0.15, 0.2) is 0 Å². The Morgan fingerprint density at radius 3 is 2.36 bits per heavy atom. The van der Waals surface area contributed by atoms with Gasteiger partial charge in [0.2, 0.25) is 0 Å². The van der Waals surface area contributed by atoms with Crippen LogP contribution in [0.3, 0.4) is 0 Å². The zero-order chi connectivity index (χ0) is 8.16. The van der Waals surface area contributed by atoms with Gasteiger partial charge in [-0.1, -0.05) is 0 Å². The maximum Gasteiger partial charge on any atom is 0.0613 e. The van der Waals surface area contributed by atoms with Crippen molar-refractivity contribution in [2.45, 2.75) is 31.2 Å². The van der Waals surface area contributed by atoms with Crippen molar-refractivity contribution < 1.29 is 10.2 Å². The summed E-state index contributed by atoms with van der Waals surface area (Å²) in [7, 11) is 0. The largest absolute Gasteiger partial charge is 0.396 e. The molecule has 1 aliphatic carbocycles. The van der Waals surface area contributed by atoms with Gasteiger partial charge < -0.3 is 15.5 Å². The number of hydrogen-bond donors (Lipinski definition) is 3. The van der Waals surface area contributed by atoms with Crippen molar-refractivity contribution in [3.05, 3.63) is 0 Å². The van der Waals surface area contributed by atoms with E-state index < -0.39 is 0 Å². The molecule has 1 fully saturated rings. The Bertz CT molecular complexity index is 107. The van der Waals surface area contributed by atoms with Gasteiger partial charge in [0.25, 0.3) is 0 Å². The summed E-state index contributed by atoms with van der Waals surface area (Å²) >= 11 is 0. The van der Waals surface area contributed by atoms with E-state index in [-0.39, 0.29) is 18.8 Å². The van der Waals surface area contributed by atoms with Gasteiger partial charge in [-0.05, 0) is 32.2 Å². The molecule has 0 aromatic carbocycles. The van der Waals surface area contributed by atoms with Gasteiger partial charge in [-0.25, -0.2) is 0 Å². The first kappa shape index (κ1) is 8.97. The van der Waals surface area contributed by atoms with Crippen LogP contribution in [-0.2, 0) is 0 Å². The minimum absolute atomic E-state index is 0.00910. The van der Waals surface area contributed by atoms with Crippen molar-refractivity contribution in [1.29, 1.82) is 0 Å². The predicted octanol–water partition coefficient (Wildman–Crippen LogP) is -0.127. The van der Waals surface area contributed by atoms with Gasteiger partial charge in [0, 0.05) is 12.1 Å². The van der Waals surface area contributed by atoms with E-state index in [0.29, 0.717) is 0 Å². The van der Waals surface area contributed by atoms with Gasteiger partial charge in [-0.15, -0.1) is 0 Å². The molecule has 1 saturated carbocycles. The fourth-order valence-electron chi connectivity index (χ4n) is 1.43. The highest BCUT2D eigenvalue weighted by atomic mass is 16.3. The summed E-state index contributed by atoms with van der Waals surface area (Å²) in [6.07, 6.45) is 4.15.